The molecule has 0 unspecified atom stereocenters. The number of nitrogens with zero attached hydrogens (tertiary/aromatic N) is 3. The highest BCUT2D eigenvalue weighted by molar-refractivity contribution is 7.13. The lowest BCUT2D eigenvalue weighted by molar-refractivity contribution is -0.131. The zero-order valence-electron chi connectivity index (χ0n) is 15.4. The molecule has 0 aliphatic rings. The zero-order valence-corrected chi connectivity index (χ0v) is 16.3. The Kier molecular flexibility index (Phi) is 6.05. The highest BCUT2D eigenvalue weighted by Crippen LogP contribution is 2.26. The summed E-state index contributed by atoms with van der Waals surface area (Å²) in [6.45, 7) is 5.09. The summed E-state index contributed by atoms with van der Waals surface area (Å²) in [4.78, 5) is 20.2. The van der Waals surface area contributed by atoms with Crippen LogP contribution in [-0.2, 0) is 17.8 Å². The summed E-state index contributed by atoms with van der Waals surface area (Å²) < 4.78 is 5.74. The number of aryl methyl sites for hydroxylation is 1. The van der Waals surface area contributed by atoms with Crippen molar-refractivity contribution >= 4 is 17.2 Å². The Labute approximate surface area is 162 Å². The molecule has 1 amide bonds. The number of thiophene rings is 1. The molecule has 0 N–H and O–H groups in total. The van der Waals surface area contributed by atoms with E-state index in [-0.39, 0.29) is 12.3 Å². The van der Waals surface area contributed by atoms with Crippen LogP contribution in [0.5, 0.6) is 0 Å². The van der Waals surface area contributed by atoms with E-state index < -0.39 is 0 Å². The third-order valence-electron chi connectivity index (χ3n) is 4.25. The summed E-state index contributed by atoms with van der Waals surface area (Å²) in [6.07, 6.45) is 1.09. The molecule has 0 bridgehead atoms. The Hall–Kier alpha value is -2.91. The van der Waals surface area contributed by atoms with E-state index in [1.54, 1.807) is 23.5 Å². The Balaban J connectivity index is 1.72. The third-order valence-corrected chi connectivity index (χ3v) is 5.10. The highest BCUT2D eigenvalue weighted by atomic mass is 32.1. The van der Waals surface area contributed by atoms with Gasteiger partial charge in [-0.25, -0.2) is 4.98 Å². The lowest BCUT2D eigenvalue weighted by Gasteiger charge is -2.22. The second-order valence-corrected chi connectivity index (χ2v) is 7.25. The first-order valence-corrected chi connectivity index (χ1v) is 9.75. The van der Waals surface area contributed by atoms with Gasteiger partial charge in [0.2, 0.25) is 11.8 Å². The fraction of sp³-hybridized carbons (Fsp3) is 0.286. The van der Waals surface area contributed by atoms with Crippen LogP contribution in [0.3, 0.4) is 0 Å². The van der Waals surface area contributed by atoms with Crippen LogP contribution in [0.15, 0.2) is 46.2 Å². The van der Waals surface area contributed by atoms with E-state index in [1.807, 2.05) is 41.5 Å². The second kappa shape index (κ2) is 8.65. The number of nitriles is 1. The van der Waals surface area contributed by atoms with Crippen LogP contribution in [0.1, 0.15) is 35.9 Å². The van der Waals surface area contributed by atoms with Gasteiger partial charge in [0.05, 0.1) is 28.6 Å². The number of carbonyl (C=O) groups excluding carboxylic acids is 1. The number of hydrogen-bond donors (Lipinski definition) is 0. The number of benzene rings is 1. The van der Waals surface area contributed by atoms with E-state index in [0.29, 0.717) is 36.0 Å². The van der Waals surface area contributed by atoms with Gasteiger partial charge >= 0.3 is 0 Å². The predicted molar refractivity (Wildman–Crippen MR) is 105 cm³/mol. The molecule has 5 nitrogen and oxygen atoms in total. The SMILES string of the molecule is CCCN(Cc1ccc(C#N)cc1)C(=O)Cc1nc(-c2cccs2)oc1C. The van der Waals surface area contributed by atoms with Gasteiger partial charge in [0.1, 0.15) is 5.76 Å². The number of aromatic nitrogens is 1. The van der Waals surface area contributed by atoms with Crippen molar-refractivity contribution < 1.29 is 9.21 Å². The summed E-state index contributed by atoms with van der Waals surface area (Å²) in [5, 5.41) is 10.9. The van der Waals surface area contributed by atoms with Crippen molar-refractivity contribution in [3.05, 3.63) is 64.4 Å². The van der Waals surface area contributed by atoms with Gasteiger partial charge in [-0.1, -0.05) is 25.1 Å². The molecule has 3 rings (SSSR count). The Morgan fingerprint density at radius 2 is 2.07 bits per heavy atom. The van der Waals surface area contributed by atoms with Gasteiger partial charge in [-0.05, 0) is 42.5 Å². The summed E-state index contributed by atoms with van der Waals surface area (Å²) in [7, 11) is 0. The molecule has 0 atom stereocenters. The minimum absolute atomic E-state index is 0.0235. The van der Waals surface area contributed by atoms with Crippen LogP contribution in [0, 0.1) is 18.3 Å². The van der Waals surface area contributed by atoms with E-state index >= 15 is 0 Å². The van der Waals surface area contributed by atoms with Crippen molar-refractivity contribution in [1.82, 2.24) is 9.88 Å². The quantitative estimate of drug-likeness (QED) is 0.603. The van der Waals surface area contributed by atoms with Gasteiger partial charge in [-0.2, -0.15) is 5.26 Å². The smallest absolute Gasteiger partial charge is 0.236 e. The fourth-order valence-corrected chi connectivity index (χ4v) is 3.47. The maximum absolute atomic E-state index is 12.9. The van der Waals surface area contributed by atoms with Gasteiger partial charge in [0.25, 0.3) is 0 Å². The van der Waals surface area contributed by atoms with Crippen molar-refractivity contribution in [3.8, 4) is 16.8 Å². The number of hydrogen-bond acceptors (Lipinski definition) is 5. The van der Waals surface area contributed by atoms with Crippen LogP contribution in [0.4, 0.5) is 0 Å². The number of rotatable bonds is 7. The first-order chi connectivity index (χ1) is 13.1. The molecule has 27 heavy (non-hydrogen) atoms. The fourth-order valence-electron chi connectivity index (χ4n) is 2.82. The average molecular weight is 379 g/mol. The molecule has 0 saturated heterocycles. The monoisotopic (exact) mass is 379 g/mol. The largest absolute Gasteiger partial charge is 0.440 e. The molecule has 2 aromatic heterocycles. The first-order valence-electron chi connectivity index (χ1n) is 8.87. The van der Waals surface area contributed by atoms with Gasteiger partial charge in [0.15, 0.2) is 0 Å². The molecular weight excluding hydrogens is 358 g/mol. The standard InChI is InChI=1S/C21H21N3O2S/c1-3-10-24(14-17-8-6-16(13-22)7-9-17)20(25)12-18-15(2)26-21(23-18)19-5-4-11-27-19/h4-9,11H,3,10,12,14H2,1-2H3. The van der Waals surface area contributed by atoms with Crippen molar-refractivity contribution in [2.75, 3.05) is 6.54 Å². The molecule has 0 spiro atoms. The molecule has 0 aliphatic heterocycles. The molecule has 6 heteroatoms. The van der Waals surface area contributed by atoms with Crippen molar-refractivity contribution in [2.24, 2.45) is 0 Å². The molecule has 1 aromatic carbocycles. The van der Waals surface area contributed by atoms with E-state index in [2.05, 4.69) is 18.0 Å². The summed E-state index contributed by atoms with van der Waals surface area (Å²) >= 11 is 1.56. The normalized spacial score (nSPS) is 10.6. The van der Waals surface area contributed by atoms with Crippen molar-refractivity contribution in [2.45, 2.75) is 33.2 Å². The van der Waals surface area contributed by atoms with Gasteiger partial charge in [-0.15, -0.1) is 11.3 Å². The highest BCUT2D eigenvalue weighted by Gasteiger charge is 2.19. The van der Waals surface area contributed by atoms with Crippen LogP contribution >= 0.6 is 11.3 Å². The van der Waals surface area contributed by atoms with Crippen molar-refractivity contribution in [3.63, 3.8) is 0 Å². The predicted octanol–water partition coefficient (Wildman–Crippen LogP) is 4.56. The Morgan fingerprint density at radius 3 is 2.70 bits per heavy atom. The minimum atomic E-state index is 0.0235. The molecule has 0 aliphatic carbocycles. The summed E-state index contributed by atoms with van der Waals surface area (Å²) in [5.41, 5.74) is 2.31. The molecule has 3 aromatic rings. The number of carbonyl (C=O) groups is 1. The van der Waals surface area contributed by atoms with Crippen molar-refractivity contribution in [1.29, 1.82) is 5.26 Å². The van der Waals surface area contributed by atoms with E-state index in [0.717, 1.165) is 16.9 Å². The molecule has 138 valence electrons. The van der Waals surface area contributed by atoms with Crippen LogP contribution in [-0.4, -0.2) is 22.3 Å². The van der Waals surface area contributed by atoms with E-state index in [4.69, 9.17) is 9.68 Å². The van der Waals surface area contributed by atoms with E-state index in [9.17, 15) is 4.79 Å². The van der Waals surface area contributed by atoms with Gasteiger partial charge in [-0.3, -0.25) is 4.79 Å². The zero-order chi connectivity index (χ0) is 19.2. The minimum Gasteiger partial charge on any atom is -0.440 e. The van der Waals surface area contributed by atoms with Crippen LogP contribution in [0.2, 0.25) is 0 Å². The summed E-state index contributed by atoms with van der Waals surface area (Å²) in [5.74, 6) is 1.27. The topological polar surface area (TPSA) is 70.1 Å². The van der Waals surface area contributed by atoms with Crippen LogP contribution in [0.25, 0.3) is 10.8 Å². The molecule has 0 fully saturated rings. The maximum atomic E-state index is 12.9. The Bertz CT molecular complexity index is 937. The Morgan fingerprint density at radius 1 is 1.30 bits per heavy atom. The van der Waals surface area contributed by atoms with Gasteiger partial charge in [0, 0.05) is 13.1 Å². The second-order valence-electron chi connectivity index (χ2n) is 6.30. The lowest BCUT2D eigenvalue weighted by atomic mass is 10.1. The molecule has 2 heterocycles. The van der Waals surface area contributed by atoms with Crippen LogP contribution < -0.4 is 0 Å². The number of amides is 1. The molecule has 0 saturated carbocycles. The summed E-state index contributed by atoms with van der Waals surface area (Å²) in [6, 6.07) is 13.4. The van der Waals surface area contributed by atoms with Gasteiger partial charge < -0.3 is 9.32 Å². The van der Waals surface area contributed by atoms with E-state index in [1.165, 1.54) is 0 Å². The third kappa shape index (κ3) is 4.63. The maximum Gasteiger partial charge on any atom is 0.236 e. The number of oxazole rings is 1. The molecular formula is C21H21N3O2S. The lowest BCUT2D eigenvalue weighted by Crippen LogP contribution is -2.32. The molecule has 0 radical (unpaired) electrons. The average Bonchev–Trinajstić information content (AvgIpc) is 3.32. The first kappa shape index (κ1) is 18.9.